The summed E-state index contributed by atoms with van der Waals surface area (Å²) in [6.07, 6.45) is 2.20. The van der Waals surface area contributed by atoms with Gasteiger partial charge in [0.15, 0.2) is 6.61 Å². The van der Waals surface area contributed by atoms with E-state index >= 15 is 0 Å². The van der Waals surface area contributed by atoms with Crippen molar-refractivity contribution >= 4 is 38.5 Å². The Morgan fingerprint density at radius 3 is 2.57 bits per heavy atom. The Bertz CT molecular complexity index is 876. The summed E-state index contributed by atoms with van der Waals surface area (Å²) in [7, 11) is 0. The Balaban J connectivity index is 1.25. The third-order valence-electron chi connectivity index (χ3n) is 5.21. The second-order valence-corrected chi connectivity index (χ2v) is 8.18. The van der Waals surface area contributed by atoms with Gasteiger partial charge in [0.05, 0.1) is 11.0 Å². The first-order valence-electron chi connectivity index (χ1n) is 9.70. The SMILES string of the molecule is O=C(CN1CCN(C(=O)COc2ccc3ccccc3c2Br)CC1)NC1CC1. The summed E-state index contributed by atoms with van der Waals surface area (Å²) < 4.78 is 6.65. The first kappa shape index (κ1) is 19.2. The Morgan fingerprint density at radius 2 is 1.82 bits per heavy atom. The van der Waals surface area contributed by atoms with Crippen molar-refractivity contribution in [2.24, 2.45) is 0 Å². The number of amides is 2. The van der Waals surface area contributed by atoms with Gasteiger partial charge in [-0.1, -0.05) is 30.3 Å². The van der Waals surface area contributed by atoms with Gasteiger partial charge in [-0.05, 0) is 45.6 Å². The van der Waals surface area contributed by atoms with Gasteiger partial charge < -0.3 is 15.0 Å². The molecule has 2 amide bonds. The van der Waals surface area contributed by atoms with Crippen LogP contribution in [0.4, 0.5) is 0 Å². The third-order valence-corrected chi connectivity index (χ3v) is 6.03. The molecule has 1 saturated carbocycles. The maximum absolute atomic E-state index is 12.5. The van der Waals surface area contributed by atoms with E-state index < -0.39 is 0 Å². The third kappa shape index (κ3) is 4.64. The molecule has 1 heterocycles. The van der Waals surface area contributed by atoms with Crippen LogP contribution in [0.1, 0.15) is 12.8 Å². The fraction of sp³-hybridized carbons (Fsp3) is 0.429. The largest absolute Gasteiger partial charge is 0.483 e. The summed E-state index contributed by atoms with van der Waals surface area (Å²) in [6.45, 7) is 3.10. The number of hydrogen-bond acceptors (Lipinski definition) is 4. The number of fused-ring (bicyclic) bond motifs is 1. The molecule has 1 saturated heterocycles. The van der Waals surface area contributed by atoms with Crippen LogP contribution in [0.5, 0.6) is 5.75 Å². The molecule has 0 radical (unpaired) electrons. The van der Waals surface area contributed by atoms with E-state index in [1.807, 2.05) is 41.3 Å². The lowest BCUT2D eigenvalue weighted by Gasteiger charge is -2.34. The number of piperazine rings is 1. The first-order chi connectivity index (χ1) is 13.6. The fourth-order valence-corrected chi connectivity index (χ4v) is 4.02. The lowest BCUT2D eigenvalue weighted by atomic mass is 10.1. The molecular weight excluding hydrogens is 422 g/mol. The number of ether oxygens (including phenoxy) is 1. The number of carbonyl (C=O) groups excluding carboxylic acids is 2. The maximum Gasteiger partial charge on any atom is 0.260 e. The van der Waals surface area contributed by atoms with Crippen molar-refractivity contribution in [3.8, 4) is 5.75 Å². The molecule has 2 aromatic rings. The van der Waals surface area contributed by atoms with E-state index in [1.165, 1.54) is 0 Å². The number of hydrogen-bond donors (Lipinski definition) is 1. The molecule has 28 heavy (non-hydrogen) atoms. The van der Waals surface area contributed by atoms with E-state index in [2.05, 4.69) is 26.1 Å². The van der Waals surface area contributed by atoms with Crippen molar-refractivity contribution in [1.29, 1.82) is 0 Å². The first-order valence-corrected chi connectivity index (χ1v) is 10.5. The highest BCUT2D eigenvalue weighted by Crippen LogP contribution is 2.33. The highest BCUT2D eigenvalue weighted by atomic mass is 79.9. The second kappa shape index (κ2) is 8.49. The number of carbonyl (C=O) groups is 2. The molecule has 0 unspecified atom stereocenters. The lowest BCUT2D eigenvalue weighted by molar-refractivity contribution is -0.135. The van der Waals surface area contributed by atoms with Crippen LogP contribution in [0.2, 0.25) is 0 Å². The average Bonchev–Trinajstić information content (AvgIpc) is 3.52. The van der Waals surface area contributed by atoms with Gasteiger partial charge in [0.25, 0.3) is 5.91 Å². The van der Waals surface area contributed by atoms with Crippen molar-refractivity contribution in [3.63, 3.8) is 0 Å². The Kier molecular flexibility index (Phi) is 5.82. The lowest BCUT2D eigenvalue weighted by Crippen LogP contribution is -2.52. The number of halogens is 1. The summed E-state index contributed by atoms with van der Waals surface area (Å²) in [5.74, 6) is 0.733. The van der Waals surface area contributed by atoms with E-state index in [4.69, 9.17) is 4.74 Å². The molecule has 2 fully saturated rings. The zero-order valence-corrected chi connectivity index (χ0v) is 17.3. The standard InChI is InChI=1S/C21H24BrN3O3/c22-21-17-4-2-1-3-15(17)5-8-18(21)28-14-20(27)25-11-9-24(10-12-25)13-19(26)23-16-6-7-16/h1-5,8,16H,6-7,9-14H2,(H,23,26). The van der Waals surface area contributed by atoms with E-state index in [9.17, 15) is 9.59 Å². The van der Waals surface area contributed by atoms with E-state index in [1.54, 1.807) is 0 Å². The molecule has 7 heteroatoms. The normalized spacial score (nSPS) is 17.5. The van der Waals surface area contributed by atoms with Crippen LogP contribution in [-0.2, 0) is 9.59 Å². The second-order valence-electron chi connectivity index (χ2n) is 7.39. The smallest absolute Gasteiger partial charge is 0.260 e. The van der Waals surface area contributed by atoms with Crippen LogP contribution < -0.4 is 10.1 Å². The predicted molar refractivity (Wildman–Crippen MR) is 111 cm³/mol. The summed E-state index contributed by atoms with van der Waals surface area (Å²) in [5, 5.41) is 5.19. The van der Waals surface area contributed by atoms with Crippen molar-refractivity contribution in [1.82, 2.24) is 15.1 Å². The zero-order valence-electron chi connectivity index (χ0n) is 15.7. The van der Waals surface area contributed by atoms with Crippen LogP contribution in [0.3, 0.4) is 0 Å². The quantitative estimate of drug-likeness (QED) is 0.741. The van der Waals surface area contributed by atoms with Crippen LogP contribution in [0, 0.1) is 0 Å². The molecule has 6 nitrogen and oxygen atoms in total. The van der Waals surface area contributed by atoms with Crippen molar-refractivity contribution in [2.75, 3.05) is 39.3 Å². The summed E-state index contributed by atoms with van der Waals surface area (Å²) >= 11 is 3.59. The Hall–Kier alpha value is -2.12. The molecule has 0 atom stereocenters. The minimum absolute atomic E-state index is 0.0130. The molecule has 0 aromatic heterocycles. The molecular formula is C21H24BrN3O3. The Morgan fingerprint density at radius 1 is 1.07 bits per heavy atom. The molecule has 0 bridgehead atoms. The van der Waals surface area contributed by atoms with Gasteiger partial charge in [-0.3, -0.25) is 14.5 Å². The fourth-order valence-electron chi connectivity index (χ4n) is 3.42. The van der Waals surface area contributed by atoms with Gasteiger partial charge in [-0.25, -0.2) is 0 Å². The van der Waals surface area contributed by atoms with E-state index in [0.29, 0.717) is 44.5 Å². The van der Waals surface area contributed by atoms with Gasteiger partial charge in [0.2, 0.25) is 5.91 Å². The summed E-state index contributed by atoms with van der Waals surface area (Å²) in [4.78, 5) is 28.3. The maximum atomic E-state index is 12.5. The monoisotopic (exact) mass is 445 g/mol. The van der Waals surface area contributed by atoms with Gasteiger partial charge in [0.1, 0.15) is 5.75 Å². The highest BCUT2D eigenvalue weighted by Gasteiger charge is 2.26. The number of nitrogens with one attached hydrogen (secondary N) is 1. The summed E-state index contributed by atoms with van der Waals surface area (Å²) in [5.41, 5.74) is 0. The Labute approximate surface area is 172 Å². The summed E-state index contributed by atoms with van der Waals surface area (Å²) in [6, 6.07) is 12.3. The average molecular weight is 446 g/mol. The number of nitrogens with zero attached hydrogens (tertiary/aromatic N) is 2. The van der Waals surface area contributed by atoms with Gasteiger partial charge >= 0.3 is 0 Å². The molecule has 4 rings (SSSR count). The van der Waals surface area contributed by atoms with Crippen molar-refractivity contribution in [2.45, 2.75) is 18.9 Å². The topological polar surface area (TPSA) is 61.9 Å². The molecule has 2 aliphatic rings. The van der Waals surface area contributed by atoms with Crippen molar-refractivity contribution in [3.05, 3.63) is 40.9 Å². The highest BCUT2D eigenvalue weighted by molar-refractivity contribution is 9.10. The zero-order chi connectivity index (χ0) is 19.5. The number of benzene rings is 2. The van der Waals surface area contributed by atoms with Gasteiger partial charge in [-0.15, -0.1) is 0 Å². The van der Waals surface area contributed by atoms with Gasteiger partial charge in [-0.2, -0.15) is 0 Å². The van der Waals surface area contributed by atoms with E-state index in [-0.39, 0.29) is 18.4 Å². The van der Waals surface area contributed by atoms with Crippen LogP contribution in [0.25, 0.3) is 10.8 Å². The van der Waals surface area contributed by atoms with Gasteiger partial charge in [0, 0.05) is 32.2 Å². The number of rotatable bonds is 6. The molecule has 1 aliphatic carbocycles. The van der Waals surface area contributed by atoms with Crippen LogP contribution in [0.15, 0.2) is 40.9 Å². The molecule has 1 aliphatic heterocycles. The molecule has 0 spiro atoms. The molecule has 1 N–H and O–H groups in total. The predicted octanol–water partition coefficient (Wildman–Crippen LogP) is 2.40. The molecule has 148 valence electrons. The minimum Gasteiger partial charge on any atom is -0.483 e. The minimum atomic E-state index is -0.0258. The van der Waals surface area contributed by atoms with Crippen LogP contribution in [-0.4, -0.2) is 67.0 Å². The van der Waals surface area contributed by atoms with E-state index in [0.717, 1.165) is 28.1 Å². The van der Waals surface area contributed by atoms with Crippen molar-refractivity contribution < 1.29 is 14.3 Å². The van der Waals surface area contributed by atoms with Crippen LogP contribution >= 0.6 is 15.9 Å². The molecule has 2 aromatic carbocycles.